The Morgan fingerprint density at radius 2 is 2.10 bits per heavy atom. The van der Waals surface area contributed by atoms with Crippen LogP contribution in [-0.2, 0) is 4.74 Å². The number of pyridine rings is 2. The van der Waals surface area contributed by atoms with Gasteiger partial charge in [-0.25, -0.2) is 4.98 Å². The predicted molar refractivity (Wildman–Crippen MR) is 109 cm³/mol. The molecule has 0 aromatic carbocycles. The van der Waals surface area contributed by atoms with Crippen molar-refractivity contribution in [3.05, 3.63) is 36.5 Å². The Kier molecular flexibility index (Phi) is 5.01. The molecule has 5 rings (SSSR count). The molecule has 0 amide bonds. The minimum atomic E-state index is 0.151. The lowest BCUT2D eigenvalue weighted by Crippen LogP contribution is -2.44. The lowest BCUT2D eigenvalue weighted by Gasteiger charge is -2.34. The summed E-state index contributed by atoms with van der Waals surface area (Å²) in [5.74, 6) is 2.93. The van der Waals surface area contributed by atoms with Gasteiger partial charge in [0.2, 0.25) is 5.88 Å². The van der Waals surface area contributed by atoms with Crippen molar-refractivity contribution < 1.29 is 9.47 Å². The van der Waals surface area contributed by atoms with Crippen LogP contribution in [0.25, 0.3) is 10.9 Å². The number of hydrogen-bond donors (Lipinski definition) is 1. The van der Waals surface area contributed by atoms with Crippen molar-refractivity contribution >= 4 is 16.7 Å². The molecule has 152 valence electrons. The zero-order chi connectivity index (χ0) is 19.6. The third-order valence-electron chi connectivity index (χ3n) is 5.96. The van der Waals surface area contributed by atoms with Gasteiger partial charge < -0.3 is 14.4 Å². The van der Waals surface area contributed by atoms with E-state index in [1.165, 1.54) is 0 Å². The number of anilines is 1. The molecule has 0 bridgehead atoms. The van der Waals surface area contributed by atoms with Crippen LogP contribution in [0, 0.1) is 0 Å². The first-order chi connectivity index (χ1) is 14.3. The standard InChI is InChI=1S/C21H26N6O2/c1-14-12-28-10-9-27(14)19-11-18-17(3-2-8-22-18)21(25-19)29-16-6-4-15(5-7-16)20-23-13-24-26-20/h2-3,8,11,13-16H,4-7,9-10,12H2,1H3,(H,23,24,26)/t14-,15-,16+/m1/s1. The van der Waals surface area contributed by atoms with E-state index in [0.717, 1.165) is 54.8 Å². The molecular formula is C21H26N6O2. The quantitative estimate of drug-likeness (QED) is 0.727. The van der Waals surface area contributed by atoms with Gasteiger partial charge in [-0.15, -0.1) is 0 Å². The summed E-state index contributed by atoms with van der Waals surface area (Å²) in [5.41, 5.74) is 0.917. The Labute approximate surface area is 169 Å². The van der Waals surface area contributed by atoms with Gasteiger partial charge in [0.1, 0.15) is 18.2 Å². The monoisotopic (exact) mass is 394 g/mol. The van der Waals surface area contributed by atoms with E-state index in [9.17, 15) is 0 Å². The van der Waals surface area contributed by atoms with E-state index in [4.69, 9.17) is 14.5 Å². The molecule has 0 unspecified atom stereocenters. The van der Waals surface area contributed by atoms with Crippen LogP contribution in [0.15, 0.2) is 30.7 Å². The Balaban J connectivity index is 1.37. The average Bonchev–Trinajstić information content (AvgIpc) is 3.29. The fraction of sp³-hybridized carbons (Fsp3) is 0.524. The van der Waals surface area contributed by atoms with Gasteiger partial charge in [-0.1, -0.05) is 0 Å². The van der Waals surface area contributed by atoms with E-state index >= 15 is 0 Å². The number of hydrogen-bond acceptors (Lipinski definition) is 7. The van der Waals surface area contributed by atoms with Crippen LogP contribution in [0.1, 0.15) is 44.3 Å². The van der Waals surface area contributed by atoms with Gasteiger partial charge in [0.05, 0.1) is 30.2 Å². The first kappa shape index (κ1) is 18.3. The van der Waals surface area contributed by atoms with E-state index in [1.807, 2.05) is 18.3 Å². The summed E-state index contributed by atoms with van der Waals surface area (Å²) in [6.07, 6.45) is 7.62. The summed E-state index contributed by atoms with van der Waals surface area (Å²) in [6.45, 7) is 4.42. The molecule has 0 spiro atoms. The maximum atomic E-state index is 6.44. The van der Waals surface area contributed by atoms with E-state index in [1.54, 1.807) is 6.33 Å². The van der Waals surface area contributed by atoms with Gasteiger partial charge in [0.25, 0.3) is 0 Å². The second-order valence-corrected chi connectivity index (χ2v) is 7.92. The summed E-state index contributed by atoms with van der Waals surface area (Å²) in [5, 5.41) is 8.03. The Hall–Kier alpha value is -2.74. The van der Waals surface area contributed by atoms with Crippen molar-refractivity contribution in [2.75, 3.05) is 24.7 Å². The molecule has 1 atom stereocenters. The molecule has 1 saturated carbocycles. The molecular weight excluding hydrogens is 368 g/mol. The molecule has 8 nitrogen and oxygen atoms in total. The molecule has 4 heterocycles. The third kappa shape index (κ3) is 3.76. The highest BCUT2D eigenvalue weighted by molar-refractivity contribution is 5.85. The molecule has 2 aliphatic rings. The summed E-state index contributed by atoms with van der Waals surface area (Å²) in [4.78, 5) is 16.1. The number of nitrogens with one attached hydrogen (secondary N) is 1. The number of morpholine rings is 1. The molecule has 0 radical (unpaired) electrons. The van der Waals surface area contributed by atoms with Crippen molar-refractivity contribution in [2.24, 2.45) is 0 Å². The van der Waals surface area contributed by atoms with Crippen molar-refractivity contribution in [1.82, 2.24) is 25.1 Å². The largest absolute Gasteiger partial charge is 0.474 e. The lowest BCUT2D eigenvalue weighted by atomic mass is 9.87. The average molecular weight is 394 g/mol. The van der Waals surface area contributed by atoms with Gasteiger partial charge in [0.15, 0.2) is 5.82 Å². The SMILES string of the molecule is C[C@@H]1COCCN1c1cc2ncccc2c(O[C@H]2CC[C@@H](c3nc[nH]n3)CC2)n1. The number of aromatic nitrogens is 5. The number of ether oxygens (including phenoxy) is 2. The first-order valence-corrected chi connectivity index (χ1v) is 10.4. The highest BCUT2D eigenvalue weighted by Gasteiger charge is 2.27. The Bertz CT molecular complexity index is 955. The van der Waals surface area contributed by atoms with Crippen LogP contribution in [0.2, 0.25) is 0 Å². The van der Waals surface area contributed by atoms with Crippen LogP contribution in [0.4, 0.5) is 5.82 Å². The van der Waals surface area contributed by atoms with E-state index in [2.05, 4.69) is 38.1 Å². The Morgan fingerprint density at radius 3 is 2.90 bits per heavy atom. The molecule has 2 fully saturated rings. The van der Waals surface area contributed by atoms with Crippen molar-refractivity contribution in [1.29, 1.82) is 0 Å². The summed E-state index contributed by atoms with van der Waals surface area (Å²) < 4.78 is 12.0. The number of rotatable bonds is 4. The summed E-state index contributed by atoms with van der Waals surface area (Å²) in [6, 6.07) is 6.32. The van der Waals surface area contributed by atoms with Crippen molar-refractivity contribution in [3.63, 3.8) is 0 Å². The third-order valence-corrected chi connectivity index (χ3v) is 5.96. The summed E-state index contributed by atoms with van der Waals surface area (Å²) in [7, 11) is 0. The maximum absolute atomic E-state index is 6.44. The van der Waals surface area contributed by atoms with Crippen molar-refractivity contribution in [2.45, 2.75) is 50.7 Å². The van der Waals surface area contributed by atoms with Crippen LogP contribution in [0.5, 0.6) is 5.88 Å². The molecule has 1 aliphatic carbocycles. The minimum Gasteiger partial charge on any atom is -0.474 e. The number of aromatic amines is 1. The van der Waals surface area contributed by atoms with Gasteiger partial charge >= 0.3 is 0 Å². The van der Waals surface area contributed by atoms with Crippen LogP contribution >= 0.6 is 0 Å². The van der Waals surface area contributed by atoms with Crippen molar-refractivity contribution in [3.8, 4) is 5.88 Å². The van der Waals surface area contributed by atoms with Gasteiger partial charge in [0, 0.05) is 24.7 Å². The highest BCUT2D eigenvalue weighted by Crippen LogP contribution is 2.35. The van der Waals surface area contributed by atoms with E-state index < -0.39 is 0 Å². The molecule has 1 saturated heterocycles. The fourth-order valence-corrected chi connectivity index (χ4v) is 4.35. The van der Waals surface area contributed by atoms with Gasteiger partial charge in [-0.2, -0.15) is 10.1 Å². The molecule has 1 N–H and O–H groups in total. The number of fused-ring (bicyclic) bond motifs is 1. The highest BCUT2D eigenvalue weighted by atomic mass is 16.5. The van der Waals surface area contributed by atoms with E-state index in [0.29, 0.717) is 25.0 Å². The first-order valence-electron chi connectivity index (χ1n) is 10.4. The molecule has 8 heteroatoms. The fourth-order valence-electron chi connectivity index (χ4n) is 4.35. The minimum absolute atomic E-state index is 0.151. The molecule has 1 aliphatic heterocycles. The predicted octanol–water partition coefficient (Wildman–Crippen LogP) is 3.08. The Morgan fingerprint density at radius 1 is 1.21 bits per heavy atom. The molecule has 29 heavy (non-hydrogen) atoms. The van der Waals surface area contributed by atoms with Crippen LogP contribution in [-0.4, -0.2) is 57.1 Å². The molecule has 3 aromatic rings. The lowest BCUT2D eigenvalue weighted by molar-refractivity contribution is 0.0982. The van der Waals surface area contributed by atoms with E-state index in [-0.39, 0.29) is 12.1 Å². The zero-order valence-electron chi connectivity index (χ0n) is 16.6. The maximum Gasteiger partial charge on any atom is 0.225 e. The van der Waals surface area contributed by atoms with Gasteiger partial charge in [-0.05, 0) is 44.7 Å². The van der Waals surface area contributed by atoms with Crippen LogP contribution < -0.4 is 9.64 Å². The zero-order valence-corrected chi connectivity index (χ0v) is 16.6. The second-order valence-electron chi connectivity index (χ2n) is 7.92. The molecule has 3 aromatic heterocycles. The van der Waals surface area contributed by atoms with Gasteiger partial charge in [-0.3, -0.25) is 10.1 Å². The normalized spacial score (nSPS) is 25.3. The smallest absolute Gasteiger partial charge is 0.225 e. The topological polar surface area (TPSA) is 89.0 Å². The second kappa shape index (κ2) is 7.94. The summed E-state index contributed by atoms with van der Waals surface area (Å²) >= 11 is 0. The number of H-pyrrole nitrogens is 1. The van der Waals surface area contributed by atoms with Crippen LogP contribution in [0.3, 0.4) is 0 Å². The number of nitrogens with zero attached hydrogens (tertiary/aromatic N) is 5.